The Morgan fingerprint density at radius 3 is 3.00 bits per heavy atom. The molecule has 2 fully saturated rings. The molecule has 1 N–H and O–H groups in total. The Hall–Kier alpha value is -2.19. The number of rotatable bonds is 3. The number of fused-ring (bicyclic) bond motifs is 3. The van der Waals surface area contributed by atoms with Gasteiger partial charge in [0.05, 0.1) is 21.8 Å². The van der Waals surface area contributed by atoms with Crippen LogP contribution < -0.4 is 10.2 Å². The molecule has 0 saturated carbocycles. The van der Waals surface area contributed by atoms with Gasteiger partial charge in [0, 0.05) is 31.5 Å². The number of hydrogen-bond acceptors (Lipinski definition) is 7. The minimum atomic E-state index is -0.905. The summed E-state index contributed by atoms with van der Waals surface area (Å²) in [5.41, 5.74) is 0.727. The first-order chi connectivity index (χ1) is 12.7. The molecule has 3 aromatic heterocycles. The van der Waals surface area contributed by atoms with Crippen LogP contribution in [0.4, 0.5) is 10.3 Å². The predicted octanol–water partition coefficient (Wildman–Crippen LogP) is 2.82. The van der Waals surface area contributed by atoms with Gasteiger partial charge in [0.2, 0.25) is 5.95 Å². The number of halogens is 1. The third-order valence-corrected chi connectivity index (χ3v) is 6.60. The minimum absolute atomic E-state index is 0.0411. The molecule has 5 rings (SSSR count). The smallest absolute Gasteiger partial charge is 0.245 e. The van der Waals surface area contributed by atoms with Crippen molar-refractivity contribution in [2.24, 2.45) is 0 Å². The van der Waals surface area contributed by atoms with Gasteiger partial charge in [-0.1, -0.05) is 0 Å². The van der Waals surface area contributed by atoms with Crippen molar-refractivity contribution < 1.29 is 4.39 Å². The Labute approximate surface area is 154 Å². The molecule has 5 heterocycles. The van der Waals surface area contributed by atoms with E-state index >= 15 is 0 Å². The molecule has 6 nitrogen and oxygen atoms in total. The molecule has 0 radical (unpaired) electrons. The SMILES string of the molecule is CN(c1ncc(-c2cc3ccncc3s2)nn1)[C@@H]1C[C@H]2CC[C@H](N2)[C@@H]1F. The number of aromatic nitrogens is 4. The molecular weight excluding hydrogens is 351 g/mol. The lowest BCUT2D eigenvalue weighted by Gasteiger charge is -2.38. The molecular formula is C18H19FN6S. The molecule has 0 amide bonds. The highest BCUT2D eigenvalue weighted by Crippen LogP contribution is 2.34. The van der Waals surface area contributed by atoms with Crippen molar-refractivity contribution in [1.82, 2.24) is 25.5 Å². The minimum Gasteiger partial charge on any atom is -0.337 e. The van der Waals surface area contributed by atoms with Gasteiger partial charge in [-0.3, -0.25) is 4.98 Å². The first-order valence-electron chi connectivity index (χ1n) is 8.85. The van der Waals surface area contributed by atoms with Gasteiger partial charge in [0.25, 0.3) is 0 Å². The maximum Gasteiger partial charge on any atom is 0.245 e. The summed E-state index contributed by atoms with van der Waals surface area (Å²) in [6, 6.07) is 4.21. The number of alkyl halides is 1. The highest BCUT2D eigenvalue weighted by atomic mass is 32.1. The zero-order valence-corrected chi connectivity index (χ0v) is 15.2. The van der Waals surface area contributed by atoms with Gasteiger partial charge in [0.1, 0.15) is 11.9 Å². The highest BCUT2D eigenvalue weighted by Gasteiger charge is 2.44. The van der Waals surface area contributed by atoms with Gasteiger partial charge in [-0.15, -0.1) is 21.5 Å². The van der Waals surface area contributed by atoms with E-state index < -0.39 is 6.17 Å². The van der Waals surface area contributed by atoms with Crippen LogP contribution in [0.25, 0.3) is 20.7 Å². The van der Waals surface area contributed by atoms with E-state index in [-0.39, 0.29) is 12.1 Å². The Balaban J connectivity index is 1.39. The second kappa shape index (κ2) is 6.21. The summed E-state index contributed by atoms with van der Waals surface area (Å²) < 4.78 is 15.9. The molecule has 2 aliphatic rings. The number of nitrogens with zero attached hydrogens (tertiary/aromatic N) is 5. The van der Waals surface area contributed by atoms with Gasteiger partial charge < -0.3 is 10.2 Å². The Bertz CT molecular complexity index is 896. The van der Waals surface area contributed by atoms with E-state index in [1.807, 2.05) is 24.2 Å². The zero-order chi connectivity index (χ0) is 17.7. The fraction of sp³-hybridized carbons (Fsp3) is 0.444. The summed E-state index contributed by atoms with van der Waals surface area (Å²) in [5.74, 6) is 0.477. The Morgan fingerprint density at radius 2 is 2.19 bits per heavy atom. The third-order valence-electron chi connectivity index (χ3n) is 5.49. The quantitative estimate of drug-likeness (QED) is 0.765. The first-order valence-corrected chi connectivity index (χ1v) is 9.67. The molecule has 0 aromatic carbocycles. The summed E-state index contributed by atoms with van der Waals surface area (Å²) in [5, 5.41) is 13.1. The Kier molecular flexibility index (Phi) is 3.82. The second-order valence-corrected chi connectivity index (χ2v) is 8.16. The molecule has 0 unspecified atom stereocenters. The van der Waals surface area contributed by atoms with Crippen LogP contribution in [-0.4, -0.2) is 51.5 Å². The van der Waals surface area contributed by atoms with Crippen LogP contribution in [0.15, 0.2) is 30.7 Å². The van der Waals surface area contributed by atoms with Crippen molar-refractivity contribution in [2.75, 3.05) is 11.9 Å². The Morgan fingerprint density at radius 1 is 1.27 bits per heavy atom. The van der Waals surface area contributed by atoms with Crippen LogP contribution in [0.5, 0.6) is 0 Å². The number of pyridine rings is 1. The van der Waals surface area contributed by atoms with Crippen LogP contribution in [0.3, 0.4) is 0 Å². The standard InChI is InChI=1S/C18H19FN6S/c1-25(14-7-11-2-3-12(22-11)17(14)19)18-21-8-13(23-24-18)15-6-10-4-5-20-9-16(10)26-15/h4-6,8-9,11-12,14,17,22H,2-3,7H2,1H3/t11-,12+,14-,17+/m1/s1. The molecule has 0 aliphatic carbocycles. The molecule has 4 atom stereocenters. The summed E-state index contributed by atoms with van der Waals surface area (Å²) in [7, 11) is 1.86. The van der Waals surface area contributed by atoms with Crippen LogP contribution in [-0.2, 0) is 0 Å². The van der Waals surface area contributed by atoms with Crippen LogP contribution in [0.1, 0.15) is 19.3 Å². The van der Waals surface area contributed by atoms with E-state index in [0.29, 0.717) is 12.0 Å². The van der Waals surface area contributed by atoms with E-state index in [1.165, 1.54) is 0 Å². The number of anilines is 1. The van der Waals surface area contributed by atoms with Gasteiger partial charge in [-0.05, 0) is 36.8 Å². The van der Waals surface area contributed by atoms with Crippen molar-refractivity contribution in [3.05, 3.63) is 30.7 Å². The lowest BCUT2D eigenvalue weighted by atomic mass is 9.97. The van der Waals surface area contributed by atoms with Crippen molar-refractivity contribution in [2.45, 2.75) is 43.6 Å². The fourth-order valence-electron chi connectivity index (χ4n) is 4.05. The third kappa shape index (κ3) is 2.64. The molecule has 2 saturated heterocycles. The van der Waals surface area contributed by atoms with Gasteiger partial charge >= 0.3 is 0 Å². The number of nitrogens with one attached hydrogen (secondary N) is 1. The van der Waals surface area contributed by atoms with E-state index in [2.05, 4.69) is 31.5 Å². The van der Waals surface area contributed by atoms with Crippen LogP contribution in [0, 0.1) is 0 Å². The highest BCUT2D eigenvalue weighted by molar-refractivity contribution is 7.22. The second-order valence-electron chi connectivity index (χ2n) is 7.07. The average Bonchev–Trinajstić information content (AvgIpc) is 3.29. The van der Waals surface area contributed by atoms with Gasteiger partial charge in [0.15, 0.2) is 0 Å². The summed E-state index contributed by atoms with van der Waals surface area (Å²) in [6.07, 6.45) is 7.18. The summed E-state index contributed by atoms with van der Waals surface area (Å²) >= 11 is 1.62. The lowest BCUT2D eigenvalue weighted by molar-refractivity contribution is 0.175. The number of hydrogen-bond donors (Lipinski definition) is 1. The van der Waals surface area contributed by atoms with Crippen molar-refractivity contribution in [1.29, 1.82) is 0 Å². The topological polar surface area (TPSA) is 66.8 Å². The molecule has 3 aromatic rings. The van der Waals surface area contributed by atoms with Gasteiger partial charge in [-0.2, -0.15) is 0 Å². The maximum atomic E-state index is 14.8. The molecule has 2 bridgehead atoms. The molecule has 26 heavy (non-hydrogen) atoms. The first kappa shape index (κ1) is 16.0. The van der Waals surface area contributed by atoms with E-state index in [4.69, 9.17) is 0 Å². The zero-order valence-electron chi connectivity index (χ0n) is 14.3. The van der Waals surface area contributed by atoms with E-state index in [9.17, 15) is 4.39 Å². The van der Waals surface area contributed by atoms with Crippen LogP contribution >= 0.6 is 11.3 Å². The fourth-order valence-corrected chi connectivity index (χ4v) is 5.03. The summed E-state index contributed by atoms with van der Waals surface area (Å²) in [4.78, 5) is 11.5. The van der Waals surface area contributed by atoms with Crippen LogP contribution in [0.2, 0.25) is 0 Å². The van der Waals surface area contributed by atoms with Crippen molar-refractivity contribution in [3.63, 3.8) is 0 Å². The molecule has 0 spiro atoms. The monoisotopic (exact) mass is 370 g/mol. The van der Waals surface area contributed by atoms with Crippen molar-refractivity contribution in [3.8, 4) is 10.6 Å². The number of piperidine rings is 1. The normalized spacial score (nSPS) is 27.8. The largest absolute Gasteiger partial charge is 0.337 e. The molecule has 8 heteroatoms. The maximum absolute atomic E-state index is 14.8. The lowest BCUT2D eigenvalue weighted by Crippen LogP contribution is -2.55. The summed E-state index contributed by atoms with van der Waals surface area (Å²) in [6.45, 7) is 0. The van der Waals surface area contributed by atoms with Crippen molar-refractivity contribution >= 4 is 27.4 Å². The molecule has 2 aliphatic heterocycles. The predicted molar refractivity (Wildman–Crippen MR) is 100 cm³/mol. The average molecular weight is 370 g/mol. The molecule has 134 valence electrons. The van der Waals surface area contributed by atoms with E-state index in [0.717, 1.165) is 39.9 Å². The van der Waals surface area contributed by atoms with Gasteiger partial charge in [-0.25, -0.2) is 9.37 Å². The number of thiophene rings is 1. The van der Waals surface area contributed by atoms with E-state index in [1.54, 1.807) is 23.7 Å².